The third kappa shape index (κ3) is 5.46. The van der Waals surface area contributed by atoms with Crippen LogP contribution in [0.25, 0.3) is 22.0 Å². The fraction of sp³-hybridized carbons (Fsp3) is 0.424. The van der Waals surface area contributed by atoms with Gasteiger partial charge in [-0.15, -0.1) is 0 Å². The fourth-order valence-corrected chi connectivity index (χ4v) is 5.87. The van der Waals surface area contributed by atoms with Crippen LogP contribution in [0.1, 0.15) is 54.8 Å². The van der Waals surface area contributed by atoms with Crippen molar-refractivity contribution < 1.29 is 14.3 Å². The van der Waals surface area contributed by atoms with E-state index in [0.717, 1.165) is 57.5 Å². The number of methoxy groups -OCH3 is 1. The molecule has 1 aliphatic rings. The standard InChI is InChI=1S/C33H41N5O3/c1-20-10-12-24(13-11-20)27-25-16-21(2)37-14-15-38(32-34-17-23(18-35-32)19-36(7)8)28(29(25)37)22(3)26(27)30(31(39)40-9)41-33(4,5)6/h10-13,16-18,30H,14-15,19H2,1-9H3/t30-/m0/s1. The molecule has 0 unspecified atom stereocenters. The van der Waals surface area contributed by atoms with Gasteiger partial charge < -0.3 is 23.8 Å². The Morgan fingerprint density at radius 1 is 1.05 bits per heavy atom. The first-order valence-corrected chi connectivity index (χ1v) is 14.1. The second-order valence-electron chi connectivity index (χ2n) is 12.2. The quantitative estimate of drug-likeness (QED) is 0.249. The van der Waals surface area contributed by atoms with Crippen molar-refractivity contribution >= 4 is 28.5 Å². The van der Waals surface area contributed by atoms with Crippen molar-refractivity contribution in [3.8, 4) is 11.1 Å². The molecule has 0 spiro atoms. The highest BCUT2D eigenvalue weighted by atomic mass is 16.6. The lowest BCUT2D eigenvalue weighted by molar-refractivity contribution is -0.164. The minimum Gasteiger partial charge on any atom is -0.467 e. The molecule has 0 amide bonds. The maximum Gasteiger partial charge on any atom is 0.339 e. The van der Waals surface area contributed by atoms with Crippen molar-refractivity contribution in [2.75, 3.05) is 32.6 Å². The molecule has 1 atom stereocenters. The van der Waals surface area contributed by atoms with E-state index in [1.54, 1.807) is 0 Å². The highest BCUT2D eigenvalue weighted by molar-refractivity contribution is 6.08. The predicted molar refractivity (Wildman–Crippen MR) is 164 cm³/mol. The van der Waals surface area contributed by atoms with Crippen LogP contribution in [-0.2, 0) is 27.4 Å². The Balaban J connectivity index is 1.83. The molecule has 0 bridgehead atoms. The second-order valence-corrected chi connectivity index (χ2v) is 12.2. The molecule has 0 N–H and O–H groups in total. The number of esters is 1. The van der Waals surface area contributed by atoms with Gasteiger partial charge in [0.1, 0.15) is 0 Å². The Morgan fingerprint density at radius 3 is 2.29 bits per heavy atom. The van der Waals surface area contributed by atoms with Gasteiger partial charge in [0.25, 0.3) is 0 Å². The summed E-state index contributed by atoms with van der Waals surface area (Å²) in [7, 11) is 5.48. The molecule has 1 aliphatic heterocycles. The lowest BCUT2D eigenvalue weighted by atomic mass is 9.87. The third-order valence-electron chi connectivity index (χ3n) is 7.56. The van der Waals surface area contributed by atoms with Crippen molar-refractivity contribution in [2.24, 2.45) is 0 Å². The normalized spacial score (nSPS) is 14.1. The van der Waals surface area contributed by atoms with Gasteiger partial charge in [-0.1, -0.05) is 29.8 Å². The summed E-state index contributed by atoms with van der Waals surface area (Å²) in [5.74, 6) is 0.216. The summed E-state index contributed by atoms with van der Waals surface area (Å²) in [5.41, 5.74) is 8.70. The van der Waals surface area contributed by atoms with Crippen LogP contribution in [0.15, 0.2) is 42.7 Å². The first-order chi connectivity index (χ1) is 19.4. The number of carbonyl (C=O) groups is 1. The van der Waals surface area contributed by atoms with Crippen LogP contribution in [0.3, 0.4) is 0 Å². The van der Waals surface area contributed by atoms with E-state index >= 15 is 0 Å². The van der Waals surface area contributed by atoms with E-state index in [4.69, 9.17) is 19.4 Å². The van der Waals surface area contributed by atoms with Gasteiger partial charge in [-0.2, -0.15) is 0 Å². The number of ether oxygens (including phenoxy) is 2. The lowest BCUT2D eigenvalue weighted by Crippen LogP contribution is -2.32. The average Bonchev–Trinajstić information content (AvgIpc) is 3.25. The summed E-state index contributed by atoms with van der Waals surface area (Å²) in [6, 6.07) is 10.7. The SMILES string of the molecule is COC(=O)[C@@H](OC(C)(C)C)c1c(C)c2c3c(cc(C)n3CCN2c2ncc(CN(C)C)cn2)c1-c1ccc(C)cc1. The van der Waals surface area contributed by atoms with Gasteiger partial charge in [0.2, 0.25) is 5.95 Å². The van der Waals surface area contributed by atoms with Gasteiger partial charge in [-0.05, 0) is 78.4 Å². The third-order valence-corrected chi connectivity index (χ3v) is 7.56. The molecular weight excluding hydrogens is 514 g/mol. The molecule has 0 saturated carbocycles. The number of aromatic nitrogens is 3. The van der Waals surface area contributed by atoms with E-state index in [0.29, 0.717) is 12.5 Å². The molecule has 0 radical (unpaired) electrons. The van der Waals surface area contributed by atoms with Crippen LogP contribution >= 0.6 is 0 Å². The Kier molecular flexibility index (Phi) is 7.66. The van der Waals surface area contributed by atoms with Gasteiger partial charge in [0.15, 0.2) is 6.10 Å². The minimum absolute atomic E-state index is 0.425. The summed E-state index contributed by atoms with van der Waals surface area (Å²) >= 11 is 0. The molecule has 5 rings (SSSR count). The molecule has 8 heteroatoms. The van der Waals surface area contributed by atoms with E-state index in [2.05, 4.69) is 65.5 Å². The van der Waals surface area contributed by atoms with Gasteiger partial charge in [-0.25, -0.2) is 14.8 Å². The molecular formula is C33H41N5O3. The molecule has 0 saturated heterocycles. The van der Waals surface area contributed by atoms with E-state index in [1.807, 2.05) is 47.3 Å². The van der Waals surface area contributed by atoms with Crippen molar-refractivity contribution in [1.29, 1.82) is 0 Å². The van der Waals surface area contributed by atoms with E-state index < -0.39 is 17.7 Å². The lowest BCUT2D eigenvalue weighted by Gasteiger charge is -2.35. The van der Waals surface area contributed by atoms with Crippen molar-refractivity contribution in [3.63, 3.8) is 0 Å². The van der Waals surface area contributed by atoms with E-state index in [9.17, 15) is 4.79 Å². The van der Waals surface area contributed by atoms with Crippen LogP contribution in [0.4, 0.5) is 11.6 Å². The van der Waals surface area contributed by atoms with Crippen molar-refractivity contribution in [3.05, 3.63) is 70.7 Å². The maximum atomic E-state index is 13.5. The molecule has 0 fully saturated rings. The van der Waals surface area contributed by atoms with E-state index in [1.165, 1.54) is 18.4 Å². The Hall–Kier alpha value is -3.75. The smallest absolute Gasteiger partial charge is 0.339 e. The monoisotopic (exact) mass is 555 g/mol. The van der Waals surface area contributed by atoms with Crippen LogP contribution in [0.5, 0.6) is 0 Å². The highest BCUT2D eigenvalue weighted by Crippen LogP contribution is 2.49. The number of aryl methyl sites for hydroxylation is 2. The zero-order valence-electron chi connectivity index (χ0n) is 25.7. The Bertz CT molecular complexity index is 1580. The summed E-state index contributed by atoms with van der Waals surface area (Å²) in [6.45, 7) is 14.5. The van der Waals surface area contributed by atoms with Gasteiger partial charge >= 0.3 is 5.97 Å². The summed E-state index contributed by atoms with van der Waals surface area (Å²) in [4.78, 5) is 27.4. The van der Waals surface area contributed by atoms with Crippen LogP contribution in [-0.4, -0.2) is 58.8 Å². The van der Waals surface area contributed by atoms with Crippen LogP contribution in [0, 0.1) is 20.8 Å². The molecule has 8 nitrogen and oxygen atoms in total. The number of nitrogens with zero attached hydrogens (tertiary/aromatic N) is 5. The minimum atomic E-state index is -0.923. The molecule has 2 aromatic carbocycles. The maximum absolute atomic E-state index is 13.5. The van der Waals surface area contributed by atoms with Gasteiger partial charge in [0.05, 0.1) is 23.9 Å². The molecule has 3 heterocycles. The second kappa shape index (κ2) is 10.9. The number of hydrogen-bond donors (Lipinski definition) is 0. The largest absolute Gasteiger partial charge is 0.467 e. The average molecular weight is 556 g/mol. The molecule has 2 aromatic heterocycles. The molecule has 0 aliphatic carbocycles. The van der Waals surface area contributed by atoms with Crippen molar-refractivity contribution in [1.82, 2.24) is 19.4 Å². The number of anilines is 2. The summed E-state index contributed by atoms with van der Waals surface area (Å²) in [6.07, 6.45) is 2.87. The first-order valence-electron chi connectivity index (χ1n) is 14.1. The number of benzene rings is 2. The highest BCUT2D eigenvalue weighted by Gasteiger charge is 2.37. The molecule has 4 aromatic rings. The Labute approximate surface area is 242 Å². The fourth-order valence-electron chi connectivity index (χ4n) is 5.87. The summed E-state index contributed by atoms with van der Waals surface area (Å²) in [5, 5.41) is 1.07. The molecule has 216 valence electrons. The van der Waals surface area contributed by atoms with Crippen molar-refractivity contribution in [2.45, 2.75) is 66.3 Å². The van der Waals surface area contributed by atoms with Gasteiger partial charge in [-0.3, -0.25) is 0 Å². The number of carbonyl (C=O) groups excluding carboxylic acids is 1. The molecule has 41 heavy (non-hydrogen) atoms. The van der Waals surface area contributed by atoms with Crippen LogP contribution in [0.2, 0.25) is 0 Å². The number of rotatable bonds is 7. The zero-order chi connectivity index (χ0) is 29.6. The summed E-state index contributed by atoms with van der Waals surface area (Å²) < 4.78 is 14.2. The van der Waals surface area contributed by atoms with Crippen LogP contribution < -0.4 is 4.90 Å². The Morgan fingerprint density at radius 2 is 1.71 bits per heavy atom. The van der Waals surface area contributed by atoms with Gasteiger partial charge in [0, 0.05) is 54.2 Å². The zero-order valence-corrected chi connectivity index (χ0v) is 25.7. The topological polar surface area (TPSA) is 72.7 Å². The predicted octanol–water partition coefficient (Wildman–Crippen LogP) is 6.27. The first kappa shape index (κ1) is 28.8. The van der Waals surface area contributed by atoms with E-state index in [-0.39, 0.29) is 0 Å². The number of hydrogen-bond acceptors (Lipinski definition) is 7.